The van der Waals surface area contributed by atoms with Gasteiger partial charge in [-0.05, 0) is 30.3 Å². The number of anilines is 1. The molecule has 0 saturated heterocycles. The highest BCUT2D eigenvalue weighted by molar-refractivity contribution is 7.92. The van der Waals surface area contributed by atoms with Gasteiger partial charge < -0.3 is 14.8 Å². The maximum atomic E-state index is 12.3. The van der Waals surface area contributed by atoms with Crippen LogP contribution < -0.4 is 19.5 Å². The van der Waals surface area contributed by atoms with Gasteiger partial charge in [-0.3, -0.25) is 9.52 Å². The second-order valence-corrected chi connectivity index (χ2v) is 7.48. The Hall–Kier alpha value is -2.45. The minimum atomic E-state index is -3.45. The highest BCUT2D eigenvalue weighted by atomic mass is 35.5. The molecule has 7 nitrogen and oxygen atoms in total. The maximum absolute atomic E-state index is 12.3. The highest BCUT2D eigenvalue weighted by Gasteiger charge is 2.12. The predicted octanol–water partition coefficient (Wildman–Crippen LogP) is 2.53. The van der Waals surface area contributed by atoms with Crippen molar-refractivity contribution >= 4 is 33.2 Å². The third-order valence-electron chi connectivity index (χ3n) is 3.23. The van der Waals surface area contributed by atoms with Gasteiger partial charge in [0.15, 0.2) is 11.5 Å². The van der Waals surface area contributed by atoms with Gasteiger partial charge in [-0.2, -0.15) is 0 Å². The van der Waals surface area contributed by atoms with Crippen LogP contribution in [-0.4, -0.2) is 40.8 Å². The van der Waals surface area contributed by atoms with Crippen LogP contribution in [0, 0.1) is 0 Å². The third kappa shape index (κ3) is 5.82. The summed E-state index contributed by atoms with van der Waals surface area (Å²) in [6.45, 7) is 0.460. The first-order valence-corrected chi connectivity index (χ1v) is 9.88. The van der Waals surface area contributed by atoms with Crippen molar-refractivity contribution in [1.29, 1.82) is 0 Å². The van der Waals surface area contributed by atoms with Crippen molar-refractivity contribution in [1.82, 2.24) is 5.32 Å². The summed E-state index contributed by atoms with van der Waals surface area (Å²) >= 11 is 6.02. The summed E-state index contributed by atoms with van der Waals surface area (Å²) in [6, 6.07) is 11.5. The Morgan fingerprint density at radius 2 is 1.85 bits per heavy atom. The van der Waals surface area contributed by atoms with E-state index in [2.05, 4.69) is 10.0 Å². The molecule has 0 aliphatic heterocycles. The van der Waals surface area contributed by atoms with Crippen molar-refractivity contribution in [3.8, 4) is 11.5 Å². The summed E-state index contributed by atoms with van der Waals surface area (Å²) in [6.07, 6.45) is 1.02. The van der Waals surface area contributed by atoms with Crippen LogP contribution in [0.1, 0.15) is 10.4 Å². The van der Waals surface area contributed by atoms with Crippen molar-refractivity contribution in [2.24, 2.45) is 0 Å². The van der Waals surface area contributed by atoms with Crippen LogP contribution in [0.5, 0.6) is 11.5 Å². The minimum Gasteiger partial charge on any atom is -0.493 e. The molecule has 2 aromatic rings. The number of hydrogen-bond acceptors (Lipinski definition) is 5. The number of para-hydroxylation sites is 2. The lowest BCUT2D eigenvalue weighted by Gasteiger charge is -2.12. The van der Waals surface area contributed by atoms with Gasteiger partial charge in [0.2, 0.25) is 10.0 Å². The fraction of sp³-hybridized carbons (Fsp3) is 0.235. The summed E-state index contributed by atoms with van der Waals surface area (Å²) in [5, 5.41) is 2.89. The fourth-order valence-corrected chi connectivity index (χ4v) is 2.89. The summed E-state index contributed by atoms with van der Waals surface area (Å²) in [4.78, 5) is 12.3. The average molecular weight is 399 g/mol. The van der Waals surface area contributed by atoms with Crippen LogP contribution in [0.15, 0.2) is 42.5 Å². The van der Waals surface area contributed by atoms with E-state index < -0.39 is 15.9 Å². The van der Waals surface area contributed by atoms with Crippen molar-refractivity contribution in [3.63, 3.8) is 0 Å². The van der Waals surface area contributed by atoms with E-state index in [9.17, 15) is 13.2 Å². The number of nitrogens with one attached hydrogen (secondary N) is 2. The Labute approximate surface area is 157 Å². The molecule has 140 valence electrons. The molecule has 2 rings (SSSR count). The molecule has 1 amide bonds. The molecule has 0 radical (unpaired) electrons. The van der Waals surface area contributed by atoms with E-state index in [4.69, 9.17) is 21.1 Å². The second-order valence-electron chi connectivity index (χ2n) is 5.32. The zero-order chi connectivity index (χ0) is 19.2. The van der Waals surface area contributed by atoms with Gasteiger partial charge in [-0.25, -0.2) is 8.42 Å². The number of carbonyl (C=O) groups is 1. The molecule has 0 unspecified atom stereocenters. The second kappa shape index (κ2) is 8.77. The molecular formula is C17H19ClN2O5S. The number of carbonyl (C=O) groups excluding carboxylic acids is 1. The van der Waals surface area contributed by atoms with E-state index in [1.165, 1.54) is 18.2 Å². The Bertz CT molecular complexity index is 886. The van der Waals surface area contributed by atoms with E-state index in [1.807, 2.05) is 12.1 Å². The number of amides is 1. The number of hydrogen-bond donors (Lipinski definition) is 2. The first-order valence-electron chi connectivity index (χ1n) is 7.61. The summed E-state index contributed by atoms with van der Waals surface area (Å²) < 4.78 is 35.6. The fourth-order valence-electron chi connectivity index (χ4n) is 2.14. The van der Waals surface area contributed by atoms with Gasteiger partial charge in [0.25, 0.3) is 5.91 Å². The molecule has 0 aliphatic rings. The molecule has 0 bridgehead atoms. The van der Waals surface area contributed by atoms with Crippen LogP contribution in [0.4, 0.5) is 5.69 Å². The Morgan fingerprint density at radius 1 is 1.15 bits per heavy atom. The van der Waals surface area contributed by atoms with Gasteiger partial charge in [0, 0.05) is 5.69 Å². The number of benzene rings is 2. The first kappa shape index (κ1) is 19.9. The van der Waals surface area contributed by atoms with E-state index in [-0.39, 0.29) is 29.4 Å². The molecule has 9 heteroatoms. The molecule has 2 N–H and O–H groups in total. The number of ether oxygens (including phenoxy) is 2. The molecule has 0 spiro atoms. The smallest absolute Gasteiger partial charge is 0.252 e. The Morgan fingerprint density at radius 3 is 2.50 bits per heavy atom. The predicted molar refractivity (Wildman–Crippen MR) is 101 cm³/mol. The van der Waals surface area contributed by atoms with Crippen LogP contribution in [-0.2, 0) is 10.0 Å². The molecule has 2 aromatic carbocycles. The lowest BCUT2D eigenvalue weighted by Crippen LogP contribution is -2.28. The van der Waals surface area contributed by atoms with E-state index in [0.717, 1.165) is 6.26 Å². The standard InChI is InChI=1S/C17H19ClN2O5S/c1-24-15-5-3-4-6-16(15)25-10-9-19-17(21)13-11-12(7-8-14(13)18)20-26(2,22)23/h3-8,11,20H,9-10H2,1-2H3,(H,19,21). The number of sulfonamides is 1. The van der Waals surface area contributed by atoms with Crippen molar-refractivity contribution in [3.05, 3.63) is 53.1 Å². The number of rotatable bonds is 8. The zero-order valence-electron chi connectivity index (χ0n) is 14.3. The first-order chi connectivity index (χ1) is 12.3. The van der Waals surface area contributed by atoms with Crippen LogP contribution in [0.25, 0.3) is 0 Å². The normalized spacial score (nSPS) is 10.9. The third-order valence-corrected chi connectivity index (χ3v) is 4.16. The van der Waals surface area contributed by atoms with Crippen molar-refractivity contribution in [2.45, 2.75) is 0 Å². The topological polar surface area (TPSA) is 93.7 Å². The van der Waals surface area contributed by atoms with Gasteiger partial charge in [0.05, 0.1) is 30.5 Å². The largest absolute Gasteiger partial charge is 0.493 e. The van der Waals surface area contributed by atoms with Crippen LogP contribution in [0.3, 0.4) is 0 Å². The highest BCUT2D eigenvalue weighted by Crippen LogP contribution is 2.25. The van der Waals surface area contributed by atoms with Crippen LogP contribution >= 0.6 is 11.6 Å². The minimum absolute atomic E-state index is 0.164. The van der Waals surface area contributed by atoms with Gasteiger partial charge in [-0.15, -0.1) is 0 Å². The molecule has 0 atom stereocenters. The SMILES string of the molecule is COc1ccccc1OCCNC(=O)c1cc(NS(C)(=O)=O)ccc1Cl. The van der Waals surface area contributed by atoms with E-state index in [1.54, 1.807) is 19.2 Å². The van der Waals surface area contributed by atoms with Crippen molar-refractivity contribution < 1.29 is 22.7 Å². The van der Waals surface area contributed by atoms with Crippen LogP contribution in [0.2, 0.25) is 5.02 Å². The molecule has 0 aliphatic carbocycles. The van der Waals surface area contributed by atoms with Gasteiger partial charge in [-0.1, -0.05) is 23.7 Å². The number of methoxy groups -OCH3 is 1. The monoisotopic (exact) mass is 398 g/mol. The van der Waals surface area contributed by atoms with Crippen molar-refractivity contribution in [2.75, 3.05) is 31.2 Å². The van der Waals surface area contributed by atoms with E-state index >= 15 is 0 Å². The lowest BCUT2D eigenvalue weighted by atomic mass is 10.2. The summed E-state index contributed by atoms with van der Waals surface area (Å²) in [7, 11) is -1.90. The summed E-state index contributed by atoms with van der Waals surface area (Å²) in [5.74, 6) is 0.735. The molecular weight excluding hydrogens is 380 g/mol. The summed E-state index contributed by atoms with van der Waals surface area (Å²) in [5.41, 5.74) is 0.421. The van der Waals surface area contributed by atoms with Gasteiger partial charge in [0.1, 0.15) is 6.61 Å². The maximum Gasteiger partial charge on any atom is 0.252 e. The average Bonchev–Trinajstić information content (AvgIpc) is 2.59. The Kier molecular flexibility index (Phi) is 6.70. The molecule has 0 heterocycles. The zero-order valence-corrected chi connectivity index (χ0v) is 15.9. The Balaban J connectivity index is 1.94. The molecule has 26 heavy (non-hydrogen) atoms. The molecule has 0 saturated carbocycles. The van der Waals surface area contributed by atoms with E-state index in [0.29, 0.717) is 11.5 Å². The molecule has 0 fully saturated rings. The molecule has 0 aromatic heterocycles. The van der Waals surface area contributed by atoms with Gasteiger partial charge >= 0.3 is 0 Å². The quantitative estimate of drug-likeness (QED) is 0.666. The number of halogens is 1. The lowest BCUT2D eigenvalue weighted by molar-refractivity contribution is 0.0947.